The van der Waals surface area contributed by atoms with Crippen molar-refractivity contribution in [2.45, 2.75) is 26.4 Å². The van der Waals surface area contributed by atoms with Crippen molar-refractivity contribution < 1.29 is 19.0 Å². The lowest BCUT2D eigenvalue weighted by molar-refractivity contribution is -0.151. The first kappa shape index (κ1) is 13.4. The van der Waals surface area contributed by atoms with Crippen molar-refractivity contribution in [3.8, 4) is 0 Å². The van der Waals surface area contributed by atoms with Gasteiger partial charge in [0.1, 0.15) is 6.79 Å². The summed E-state index contributed by atoms with van der Waals surface area (Å²) in [5.41, 5.74) is 0. The van der Waals surface area contributed by atoms with Gasteiger partial charge in [0.25, 0.3) is 0 Å². The van der Waals surface area contributed by atoms with Crippen molar-refractivity contribution in [3.05, 3.63) is 0 Å². The van der Waals surface area contributed by atoms with E-state index in [2.05, 4.69) is 0 Å². The molecule has 0 aromatic rings. The zero-order chi connectivity index (χ0) is 11.8. The highest BCUT2D eigenvalue weighted by atomic mass is 16.7. The highest BCUT2D eigenvalue weighted by Gasteiger charge is 2.19. The van der Waals surface area contributed by atoms with Crippen molar-refractivity contribution in [3.63, 3.8) is 0 Å². The Bertz CT molecular complexity index is 204. The van der Waals surface area contributed by atoms with Crippen molar-refractivity contribution in [2.75, 3.05) is 39.6 Å². The smallest absolute Gasteiger partial charge is 0.320 e. The molecular weight excluding hydrogens is 210 g/mol. The van der Waals surface area contributed by atoms with Gasteiger partial charge in [-0.25, -0.2) is 0 Å². The molecule has 0 amide bonds. The first-order valence-corrected chi connectivity index (χ1v) is 5.83. The molecule has 1 aliphatic heterocycles. The lowest BCUT2D eigenvalue weighted by Gasteiger charge is -2.28. The van der Waals surface area contributed by atoms with Crippen molar-refractivity contribution in [2.24, 2.45) is 0 Å². The number of likely N-dealkylation sites (N-methyl/N-ethyl adjacent to an activating group) is 1. The van der Waals surface area contributed by atoms with Crippen molar-refractivity contribution >= 4 is 5.97 Å². The molecule has 0 bridgehead atoms. The SMILES string of the molecule is CCOC(=O)CN(CC)CC1CCOCO1. The first-order chi connectivity index (χ1) is 7.76. The van der Waals surface area contributed by atoms with Crippen LogP contribution in [0, 0.1) is 0 Å². The Hall–Kier alpha value is -0.650. The zero-order valence-corrected chi connectivity index (χ0v) is 10.1. The van der Waals surface area contributed by atoms with Crippen molar-refractivity contribution in [1.82, 2.24) is 4.90 Å². The maximum Gasteiger partial charge on any atom is 0.320 e. The molecule has 5 nitrogen and oxygen atoms in total. The fraction of sp³-hybridized carbons (Fsp3) is 0.909. The average Bonchev–Trinajstić information content (AvgIpc) is 2.30. The van der Waals surface area contributed by atoms with Gasteiger partial charge in [-0.1, -0.05) is 6.92 Å². The number of ether oxygens (including phenoxy) is 3. The van der Waals surface area contributed by atoms with Crippen LogP contribution in [0.1, 0.15) is 20.3 Å². The third-order valence-electron chi connectivity index (χ3n) is 2.54. The minimum absolute atomic E-state index is 0.170. The molecular formula is C11H21NO4. The van der Waals surface area contributed by atoms with E-state index in [1.165, 1.54) is 0 Å². The lowest BCUT2D eigenvalue weighted by atomic mass is 10.2. The number of hydrogen-bond donors (Lipinski definition) is 0. The molecule has 16 heavy (non-hydrogen) atoms. The largest absolute Gasteiger partial charge is 0.465 e. The number of rotatable bonds is 6. The molecule has 1 heterocycles. The Labute approximate surface area is 96.6 Å². The van der Waals surface area contributed by atoms with Crippen LogP contribution in [0.4, 0.5) is 0 Å². The van der Waals surface area contributed by atoms with Crippen LogP contribution in [0.5, 0.6) is 0 Å². The molecule has 1 fully saturated rings. The molecule has 1 unspecified atom stereocenters. The number of nitrogens with zero attached hydrogens (tertiary/aromatic N) is 1. The predicted octanol–water partition coefficient (Wildman–Crippen LogP) is 0.634. The van der Waals surface area contributed by atoms with Gasteiger partial charge in [-0.3, -0.25) is 9.69 Å². The summed E-state index contributed by atoms with van der Waals surface area (Å²) in [6.07, 6.45) is 1.06. The Morgan fingerprint density at radius 2 is 2.31 bits per heavy atom. The van der Waals surface area contributed by atoms with Crippen LogP contribution in [0.25, 0.3) is 0 Å². The molecule has 94 valence electrons. The normalized spacial score (nSPS) is 21.1. The van der Waals surface area contributed by atoms with Gasteiger partial charge >= 0.3 is 5.97 Å². The van der Waals surface area contributed by atoms with Crippen LogP contribution >= 0.6 is 0 Å². The summed E-state index contributed by atoms with van der Waals surface area (Å²) in [4.78, 5) is 13.4. The van der Waals surface area contributed by atoms with Crippen LogP contribution in [0.2, 0.25) is 0 Å². The summed E-state index contributed by atoms with van der Waals surface area (Å²) in [6.45, 7) is 7.30. The summed E-state index contributed by atoms with van der Waals surface area (Å²) in [6, 6.07) is 0. The fourth-order valence-electron chi connectivity index (χ4n) is 1.63. The van der Waals surface area contributed by atoms with Gasteiger partial charge in [-0.05, 0) is 19.9 Å². The second kappa shape index (κ2) is 7.60. The number of carbonyl (C=O) groups is 1. The van der Waals surface area contributed by atoms with Gasteiger partial charge in [-0.15, -0.1) is 0 Å². The summed E-state index contributed by atoms with van der Waals surface area (Å²) in [5, 5.41) is 0. The Morgan fingerprint density at radius 3 is 2.88 bits per heavy atom. The van der Waals surface area contributed by atoms with Crippen LogP contribution in [0.3, 0.4) is 0 Å². The van der Waals surface area contributed by atoms with E-state index in [0.717, 1.165) is 26.1 Å². The van der Waals surface area contributed by atoms with Gasteiger partial charge in [0.2, 0.25) is 0 Å². The van der Waals surface area contributed by atoms with Crippen LogP contribution in [-0.2, 0) is 19.0 Å². The molecule has 5 heteroatoms. The highest BCUT2D eigenvalue weighted by Crippen LogP contribution is 2.08. The Balaban J connectivity index is 2.27. The summed E-state index contributed by atoms with van der Waals surface area (Å²) < 4.78 is 15.5. The third kappa shape index (κ3) is 4.92. The summed E-state index contributed by atoms with van der Waals surface area (Å²) in [5.74, 6) is -0.170. The third-order valence-corrected chi connectivity index (χ3v) is 2.54. The van der Waals surface area contributed by atoms with Gasteiger partial charge < -0.3 is 14.2 Å². The van der Waals surface area contributed by atoms with E-state index >= 15 is 0 Å². The summed E-state index contributed by atoms with van der Waals surface area (Å²) >= 11 is 0. The zero-order valence-electron chi connectivity index (χ0n) is 10.1. The summed E-state index contributed by atoms with van der Waals surface area (Å²) in [7, 11) is 0. The first-order valence-electron chi connectivity index (χ1n) is 5.83. The van der Waals surface area contributed by atoms with Gasteiger partial charge in [0.15, 0.2) is 0 Å². The Morgan fingerprint density at radius 1 is 1.50 bits per heavy atom. The van der Waals surface area contributed by atoms with Crippen LogP contribution in [0.15, 0.2) is 0 Å². The highest BCUT2D eigenvalue weighted by molar-refractivity contribution is 5.71. The molecule has 0 aliphatic carbocycles. The second-order valence-electron chi connectivity index (χ2n) is 3.74. The van der Waals surface area contributed by atoms with Gasteiger partial charge in [0.05, 0.1) is 25.9 Å². The maximum atomic E-state index is 11.3. The molecule has 0 spiro atoms. The van der Waals surface area contributed by atoms with E-state index in [4.69, 9.17) is 14.2 Å². The number of hydrogen-bond acceptors (Lipinski definition) is 5. The molecule has 0 N–H and O–H groups in total. The molecule has 0 saturated carbocycles. The lowest BCUT2D eigenvalue weighted by Crippen LogP contribution is -2.40. The molecule has 0 aromatic carbocycles. The monoisotopic (exact) mass is 231 g/mol. The minimum Gasteiger partial charge on any atom is -0.465 e. The molecule has 1 atom stereocenters. The Kier molecular flexibility index (Phi) is 6.37. The molecule has 0 radical (unpaired) electrons. The molecule has 0 aromatic heterocycles. The van der Waals surface area contributed by atoms with Crippen LogP contribution in [-0.4, -0.2) is 56.6 Å². The van der Waals surface area contributed by atoms with Gasteiger partial charge in [0, 0.05) is 6.54 Å². The predicted molar refractivity (Wildman–Crippen MR) is 59.1 cm³/mol. The van der Waals surface area contributed by atoms with E-state index < -0.39 is 0 Å². The van der Waals surface area contributed by atoms with Crippen LogP contribution < -0.4 is 0 Å². The van der Waals surface area contributed by atoms with E-state index in [1.807, 2.05) is 18.7 Å². The van der Waals surface area contributed by atoms with E-state index in [0.29, 0.717) is 19.9 Å². The van der Waals surface area contributed by atoms with Crippen molar-refractivity contribution in [1.29, 1.82) is 0 Å². The number of carbonyl (C=O) groups excluding carboxylic acids is 1. The molecule has 1 rings (SSSR count). The van der Waals surface area contributed by atoms with E-state index in [1.54, 1.807) is 0 Å². The quantitative estimate of drug-likeness (QED) is 0.628. The van der Waals surface area contributed by atoms with E-state index in [-0.39, 0.29) is 12.1 Å². The maximum absolute atomic E-state index is 11.3. The minimum atomic E-state index is -0.170. The molecule has 1 aliphatic rings. The second-order valence-corrected chi connectivity index (χ2v) is 3.74. The van der Waals surface area contributed by atoms with E-state index in [9.17, 15) is 4.79 Å². The fourth-order valence-corrected chi connectivity index (χ4v) is 1.63. The standard InChI is InChI=1S/C11H21NO4/c1-3-12(8-11(13)15-4-2)7-10-5-6-14-9-16-10/h10H,3-9H2,1-2H3. The topological polar surface area (TPSA) is 48.0 Å². The number of esters is 1. The van der Waals surface area contributed by atoms with Gasteiger partial charge in [-0.2, -0.15) is 0 Å². The molecule has 1 saturated heterocycles. The average molecular weight is 231 g/mol.